The van der Waals surface area contributed by atoms with Crippen LogP contribution in [0.2, 0.25) is 0 Å². The molecule has 0 saturated carbocycles. The molecule has 0 radical (unpaired) electrons. The van der Waals surface area contributed by atoms with Crippen molar-refractivity contribution in [2.24, 2.45) is 11.8 Å². The van der Waals surface area contributed by atoms with E-state index in [1.165, 1.54) is 0 Å². The summed E-state index contributed by atoms with van der Waals surface area (Å²) in [6.07, 6.45) is 1.11. The predicted molar refractivity (Wildman–Crippen MR) is 87.0 cm³/mol. The van der Waals surface area contributed by atoms with E-state index in [1.54, 1.807) is 11.0 Å². The number of anilines is 1. The number of hydrogen-bond acceptors (Lipinski definition) is 2. The molecule has 1 aliphatic rings. The van der Waals surface area contributed by atoms with E-state index in [9.17, 15) is 9.59 Å². The Hall–Kier alpha value is -1.36. The minimum Gasteiger partial charge on any atom is -0.334 e. The summed E-state index contributed by atoms with van der Waals surface area (Å²) in [6, 6.07) is 5.60. The Kier molecular flexibility index (Phi) is 5.04. The van der Waals surface area contributed by atoms with Gasteiger partial charge < -0.3 is 10.2 Å². The number of piperidine rings is 1. The topological polar surface area (TPSA) is 49.4 Å². The number of carbonyl (C=O) groups excluding carboxylic acids is 2. The van der Waals surface area contributed by atoms with Crippen molar-refractivity contribution in [2.75, 3.05) is 18.4 Å². The van der Waals surface area contributed by atoms with E-state index in [0.717, 1.165) is 16.5 Å². The number of benzene rings is 1. The molecule has 2 rings (SSSR count). The summed E-state index contributed by atoms with van der Waals surface area (Å²) in [6.45, 7) is 7.52. The number of aryl methyl sites for hydroxylation is 1. The third-order valence-electron chi connectivity index (χ3n) is 3.72. The number of amides is 2. The molecular weight excluding hydrogens is 332 g/mol. The summed E-state index contributed by atoms with van der Waals surface area (Å²) in [4.78, 5) is 26.1. The van der Waals surface area contributed by atoms with Crippen LogP contribution < -0.4 is 5.32 Å². The Labute approximate surface area is 134 Å². The fourth-order valence-electron chi connectivity index (χ4n) is 2.87. The van der Waals surface area contributed by atoms with E-state index in [4.69, 9.17) is 0 Å². The molecule has 0 aliphatic carbocycles. The smallest absolute Gasteiger partial charge is 0.313 e. The van der Waals surface area contributed by atoms with Gasteiger partial charge in [0.15, 0.2) is 0 Å². The maximum atomic E-state index is 12.3. The van der Waals surface area contributed by atoms with Crippen LogP contribution in [-0.2, 0) is 9.59 Å². The van der Waals surface area contributed by atoms with E-state index in [0.29, 0.717) is 30.6 Å². The highest BCUT2D eigenvalue weighted by atomic mass is 79.9. The SMILES string of the molecule is Cc1ccc(NC(=O)C(=O)N2CC(C)CC(C)C2)c(Br)c1. The molecule has 1 aliphatic heterocycles. The highest BCUT2D eigenvalue weighted by Crippen LogP contribution is 2.24. The van der Waals surface area contributed by atoms with Gasteiger partial charge in [0.05, 0.1) is 5.69 Å². The molecule has 1 fully saturated rings. The zero-order valence-electron chi connectivity index (χ0n) is 12.6. The molecule has 0 spiro atoms. The molecule has 2 unspecified atom stereocenters. The fourth-order valence-corrected chi connectivity index (χ4v) is 3.46. The molecule has 2 amide bonds. The van der Waals surface area contributed by atoms with Crippen molar-refractivity contribution < 1.29 is 9.59 Å². The van der Waals surface area contributed by atoms with Crippen LogP contribution in [0.25, 0.3) is 0 Å². The Morgan fingerprint density at radius 1 is 1.24 bits per heavy atom. The van der Waals surface area contributed by atoms with Gasteiger partial charge in [-0.15, -0.1) is 0 Å². The van der Waals surface area contributed by atoms with E-state index in [-0.39, 0.29) is 0 Å². The number of carbonyl (C=O) groups is 2. The third kappa shape index (κ3) is 4.06. The Balaban J connectivity index is 2.04. The maximum absolute atomic E-state index is 12.3. The average molecular weight is 353 g/mol. The first-order valence-corrected chi connectivity index (χ1v) is 8.02. The Morgan fingerprint density at radius 3 is 2.43 bits per heavy atom. The largest absolute Gasteiger partial charge is 0.334 e. The van der Waals surface area contributed by atoms with Gasteiger partial charge in [0.25, 0.3) is 0 Å². The van der Waals surface area contributed by atoms with Crippen molar-refractivity contribution in [3.8, 4) is 0 Å². The first-order valence-electron chi connectivity index (χ1n) is 7.23. The van der Waals surface area contributed by atoms with Crippen molar-refractivity contribution in [3.63, 3.8) is 0 Å². The van der Waals surface area contributed by atoms with Crippen molar-refractivity contribution in [1.82, 2.24) is 4.90 Å². The second-order valence-corrected chi connectivity index (χ2v) is 6.95. The van der Waals surface area contributed by atoms with Gasteiger partial charge in [0.2, 0.25) is 0 Å². The summed E-state index contributed by atoms with van der Waals surface area (Å²) < 4.78 is 0.782. The van der Waals surface area contributed by atoms with Crippen LogP contribution in [0.3, 0.4) is 0 Å². The molecule has 1 aromatic rings. The number of nitrogens with one attached hydrogen (secondary N) is 1. The standard InChI is InChI=1S/C16H21BrN2O2/c1-10-4-5-14(13(17)7-10)18-15(20)16(21)19-8-11(2)6-12(3)9-19/h4-5,7,11-12H,6,8-9H2,1-3H3,(H,18,20). The first-order chi connectivity index (χ1) is 9.86. The van der Waals surface area contributed by atoms with Crippen LogP contribution in [-0.4, -0.2) is 29.8 Å². The second kappa shape index (κ2) is 6.60. The molecule has 1 saturated heterocycles. The highest BCUT2D eigenvalue weighted by molar-refractivity contribution is 9.10. The van der Waals surface area contributed by atoms with E-state index in [1.807, 2.05) is 19.1 Å². The monoisotopic (exact) mass is 352 g/mol. The molecule has 114 valence electrons. The van der Waals surface area contributed by atoms with Gasteiger partial charge >= 0.3 is 11.8 Å². The summed E-state index contributed by atoms with van der Waals surface area (Å²) in [7, 11) is 0. The maximum Gasteiger partial charge on any atom is 0.313 e. The van der Waals surface area contributed by atoms with E-state index in [2.05, 4.69) is 35.1 Å². The van der Waals surface area contributed by atoms with Crippen molar-refractivity contribution >= 4 is 33.4 Å². The lowest BCUT2D eigenvalue weighted by molar-refractivity contribution is -0.144. The number of nitrogens with zero attached hydrogens (tertiary/aromatic N) is 1. The van der Waals surface area contributed by atoms with Gasteiger partial charge in [-0.05, 0) is 58.8 Å². The Bertz CT molecular complexity index is 549. The van der Waals surface area contributed by atoms with Crippen LogP contribution in [0.15, 0.2) is 22.7 Å². The second-order valence-electron chi connectivity index (χ2n) is 6.09. The number of hydrogen-bond donors (Lipinski definition) is 1. The summed E-state index contributed by atoms with van der Waals surface area (Å²) in [5.41, 5.74) is 1.71. The van der Waals surface area contributed by atoms with E-state index < -0.39 is 11.8 Å². The minimum absolute atomic E-state index is 0.441. The molecule has 1 aromatic carbocycles. The number of likely N-dealkylation sites (tertiary alicyclic amines) is 1. The van der Waals surface area contributed by atoms with Gasteiger partial charge in [-0.2, -0.15) is 0 Å². The zero-order valence-corrected chi connectivity index (χ0v) is 14.2. The van der Waals surface area contributed by atoms with Gasteiger partial charge in [0.1, 0.15) is 0 Å². The Morgan fingerprint density at radius 2 is 1.86 bits per heavy atom. The van der Waals surface area contributed by atoms with Crippen molar-refractivity contribution in [2.45, 2.75) is 27.2 Å². The summed E-state index contributed by atoms with van der Waals surface area (Å²) in [5, 5.41) is 2.69. The lowest BCUT2D eigenvalue weighted by Crippen LogP contribution is -2.47. The third-order valence-corrected chi connectivity index (χ3v) is 4.38. The minimum atomic E-state index is -0.569. The normalized spacial score (nSPS) is 22.0. The number of halogens is 1. The van der Waals surface area contributed by atoms with Crippen LogP contribution in [0.1, 0.15) is 25.8 Å². The fraction of sp³-hybridized carbons (Fsp3) is 0.500. The quantitative estimate of drug-likeness (QED) is 0.789. The molecule has 5 heteroatoms. The van der Waals surface area contributed by atoms with Gasteiger partial charge in [-0.1, -0.05) is 19.9 Å². The first kappa shape index (κ1) is 16.0. The van der Waals surface area contributed by atoms with Crippen molar-refractivity contribution in [3.05, 3.63) is 28.2 Å². The summed E-state index contributed by atoms with van der Waals surface area (Å²) >= 11 is 3.40. The zero-order chi connectivity index (χ0) is 15.6. The number of rotatable bonds is 1. The van der Waals surface area contributed by atoms with Crippen molar-refractivity contribution in [1.29, 1.82) is 0 Å². The average Bonchev–Trinajstić information content (AvgIpc) is 2.40. The van der Waals surface area contributed by atoms with Gasteiger partial charge in [-0.3, -0.25) is 9.59 Å². The molecular formula is C16H21BrN2O2. The van der Waals surface area contributed by atoms with Gasteiger partial charge in [-0.25, -0.2) is 0 Å². The van der Waals surface area contributed by atoms with Gasteiger partial charge in [0, 0.05) is 17.6 Å². The van der Waals surface area contributed by atoms with E-state index >= 15 is 0 Å². The molecule has 1 N–H and O–H groups in total. The van der Waals surface area contributed by atoms with Crippen LogP contribution in [0.5, 0.6) is 0 Å². The molecule has 2 atom stereocenters. The lowest BCUT2D eigenvalue weighted by Gasteiger charge is -2.34. The molecule has 0 bridgehead atoms. The lowest BCUT2D eigenvalue weighted by atomic mass is 9.92. The molecule has 21 heavy (non-hydrogen) atoms. The highest BCUT2D eigenvalue weighted by Gasteiger charge is 2.29. The van der Waals surface area contributed by atoms with Crippen LogP contribution in [0, 0.1) is 18.8 Å². The van der Waals surface area contributed by atoms with Crippen LogP contribution >= 0.6 is 15.9 Å². The summed E-state index contributed by atoms with van der Waals surface area (Å²) in [5.74, 6) is -0.130. The molecule has 0 aromatic heterocycles. The molecule has 1 heterocycles. The molecule has 4 nitrogen and oxygen atoms in total. The predicted octanol–water partition coefficient (Wildman–Crippen LogP) is 3.20. The van der Waals surface area contributed by atoms with Crippen LogP contribution in [0.4, 0.5) is 5.69 Å².